The molecule has 0 unspecified atom stereocenters. The number of benzene rings is 1. The zero-order valence-electron chi connectivity index (χ0n) is 14.1. The Morgan fingerprint density at radius 3 is 2.70 bits per heavy atom. The van der Waals surface area contributed by atoms with Crippen LogP contribution in [0.3, 0.4) is 0 Å². The van der Waals surface area contributed by atoms with Crippen LogP contribution in [0, 0.1) is 11.7 Å². The molecular formula is C17H26FN3O2. The van der Waals surface area contributed by atoms with E-state index in [-0.39, 0.29) is 11.5 Å². The second-order valence-electron chi connectivity index (χ2n) is 6.26. The van der Waals surface area contributed by atoms with Crippen molar-refractivity contribution in [2.24, 2.45) is 5.92 Å². The third kappa shape index (κ3) is 5.18. The maximum Gasteiger partial charge on any atom is 0.255 e. The average molecular weight is 323 g/mol. The first-order chi connectivity index (χ1) is 11.0. The Labute approximate surface area is 137 Å². The molecule has 1 saturated heterocycles. The van der Waals surface area contributed by atoms with Crippen LogP contribution < -0.4 is 10.1 Å². The number of ether oxygens (including phenoxy) is 1. The van der Waals surface area contributed by atoms with Crippen molar-refractivity contribution in [3.05, 3.63) is 29.6 Å². The summed E-state index contributed by atoms with van der Waals surface area (Å²) in [6.45, 7) is 7.92. The van der Waals surface area contributed by atoms with Gasteiger partial charge in [-0.05, 0) is 31.2 Å². The van der Waals surface area contributed by atoms with Crippen molar-refractivity contribution in [1.29, 1.82) is 0 Å². The summed E-state index contributed by atoms with van der Waals surface area (Å²) in [4.78, 5) is 17.0. The molecule has 5 nitrogen and oxygen atoms in total. The third-order valence-electron chi connectivity index (χ3n) is 4.18. The minimum atomic E-state index is -0.443. The summed E-state index contributed by atoms with van der Waals surface area (Å²) in [5.41, 5.74) is 0.235. The van der Waals surface area contributed by atoms with Crippen molar-refractivity contribution in [3.63, 3.8) is 0 Å². The lowest BCUT2D eigenvalue weighted by Gasteiger charge is -2.33. The summed E-state index contributed by atoms with van der Waals surface area (Å²) in [7, 11) is 3.60. The Kier molecular flexibility index (Phi) is 6.36. The van der Waals surface area contributed by atoms with Crippen molar-refractivity contribution in [2.75, 3.05) is 53.4 Å². The lowest BCUT2D eigenvalue weighted by Crippen LogP contribution is -2.46. The monoisotopic (exact) mass is 323 g/mol. The van der Waals surface area contributed by atoms with Crippen LogP contribution in [-0.4, -0.2) is 69.1 Å². The smallest absolute Gasteiger partial charge is 0.255 e. The van der Waals surface area contributed by atoms with Crippen molar-refractivity contribution >= 4 is 5.91 Å². The largest absolute Gasteiger partial charge is 0.496 e. The van der Waals surface area contributed by atoms with Gasteiger partial charge in [0.25, 0.3) is 5.91 Å². The summed E-state index contributed by atoms with van der Waals surface area (Å²) in [5, 5.41) is 2.88. The van der Waals surface area contributed by atoms with Crippen molar-refractivity contribution < 1.29 is 13.9 Å². The molecule has 1 N–H and O–H groups in total. The van der Waals surface area contributed by atoms with E-state index >= 15 is 0 Å². The predicted octanol–water partition coefficient (Wildman–Crippen LogP) is 1.45. The quantitative estimate of drug-likeness (QED) is 0.861. The number of piperazine rings is 1. The van der Waals surface area contributed by atoms with E-state index in [0.717, 1.165) is 32.7 Å². The zero-order valence-corrected chi connectivity index (χ0v) is 14.1. The molecule has 0 radical (unpaired) electrons. The average Bonchev–Trinajstić information content (AvgIpc) is 2.54. The number of methoxy groups -OCH3 is 1. The summed E-state index contributed by atoms with van der Waals surface area (Å²) >= 11 is 0. The van der Waals surface area contributed by atoms with E-state index in [1.807, 2.05) is 0 Å². The van der Waals surface area contributed by atoms with Crippen LogP contribution in [0.4, 0.5) is 4.39 Å². The number of halogens is 1. The minimum absolute atomic E-state index is 0.235. The Balaban J connectivity index is 1.83. The highest BCUT2D eigenvalue weighted by molar-refractivity contribution is 5.96. The minimum Gasteiger partial charge on any atom is -0.496 e. The Morgan fingerprint density at radius 2 is 2.04 bits per heavy atom. The number of amides is 1. The van der Waals surface area contributed by atoms with Crippen LogP contribution in [0.1, 0.15) is 17.3 Å². The fourth-order valence-corrected chi connectivity index (χ4v) is 2.76. The van der Waals surface area contributed by atoms with Gasteiger partial charge in [0, 0.05) is 39.3 Å². The maximum atomic E-state index is 13.3. The second kappa shape index (κ2) is 8.26. The number of hydrogen-bond acceptors (Lipinski definition) is 4. The maximum absolute atomic E-state index is 13.3. The molecule has 1 aromatic rings. The first-order valence-corrected chi connectivity index (χ1v) is 8.02. The highest BCUT2D eigenvalue weighted by Gasteiger charge is 2.18. The Morgan fingerprint density at radius 1 is 1.35 bits per heavy atom. The van der Waals surface area contributed by atoms with E-state index < -0.39 is 5.82 Å². The van der Waals surface area contributed by atoms with Gasteiger partial charge in [0.05, 0.1) is 12.7 Å². The molecule has 1 aliphatic heterocycles. The molecule has 1 heterocycles. The van der Waals surface area contributed by atoms with E-state index in [2.05, 4.69) is 29.1 Å². The van der Waals surface area contributed by atoms with E-state index in [0.29, 0.717) is 18.2 Å². The molecule has 0 bridgehead atoms. The van der Waals surface area contributed by atoms with Crippen molar-refractivity contribution in [3.8, 4) is 5.75 Å². The molecular weight excluding hydrogens is 297 g/mol. The number of carbonyl (C=O) groups excluding carboxylic acids is 1. The van der Waals surface area contributed by atoms with Gasteiger partial charge >= 0.3 is 0 Å². The van der Waals surface area contributed by atoms with Crippen LogP contribution >= 0.6 is 0 Å². The van der Waals surface area contributed by atoms with E-state index in [4.69, 9.17) is 4.74 Å². The Hall–Kier alpha value is -1.66. The Bertz CT molecular complexity index is 531. The van der Waals surface area contributed by atoms with Gasteiger partial charge in [-0.2, -0.15) is 0 Å². The number of likely N-dealkylation sites (N-methyl/N-ethyl adjacent to an activating group) is 1. The molecule has 1 aromatic carbocycles. The molecule has 0 saturated carbocycles. The fraction of sp³-hybridized carbons (Fsp3) is 0.588. The topological polar surface area (TPSA) is 44.8 Å². The number of carbonyl (C=O) groups is 1. The van der Waals surface area contributed by atoms with Gasteiger partial charge in [-0.25, -0.2) is 4.39 Å². The standard InChI is InChI=1S/C17H26FN3O2/c1-13(12-21-8-6-20(2)7-9-21)11-19-17(22)15-10-14(18)4-5-16(15)23-3/h4-5,10,13H,6-9,11-12H2,1-3H3,(H,19,22)/t13-/m0/s1. The SMILES string of the molecule is COc1ccc(F)cc1C(=O)NC[C@H](C)CN1CCN(C)CC1. The molecule has 6 heteroatoms. The van der Waals surface area contributed by atoms with Gasteiger partial charge in [-0.3, -0.25) is 4.79 Å². The van der Waals surface area contributed by atoms with Gasteiger partial charge in [0.2, 0.25) is 0 Å². The molecule has 128 valence electrons. The lowest BCUT2D eigenvalue weighted by atomic mass is 10.1. The van der Waals surface area contributed by atoms with Gasteiger partial charge in [0.1, 0.15) is 11.6 Å². The van der Waals surface area contributed by atoms with Gasteiger partial charge in [0.15, 0.2) is 0 Å². The molecule has 23 heavy (non-hydrogen) atoms. The first kappa shape index (κ1) is 17.7. The third-order valence-corrected chi connectivity index (χ3v) is 4.18. The summed E-state index contributed by atoms with van der Waals surface area (Å²) in [5.74, 6) is -0.0226. The highest BCUT2D eigenvalue weighted by atomic mass is 19.1. The van der Waals surface area contributed by atoms with Crippen molar-refractivity contribution in [2.45, 2.75) is 6.92 Å². The first-order valence-electron chi connectivity index (χ1n) is 8.02. The van der Waals surface area contributed by atoms with Crippen LogP contribution in [0.5, 0.6) is 5.75 Å². The molecule has 1 atom stereocenters. The lowest BCUT2D eigenvalue weighted by molar-refractivity contribution is 0.0934. The molecule has 0 spiro atoms. The van der Waals surface area contributed by atoms with Gasteiger partial charge in [-0.1, -0.05) is 6.92 Å². The van der Waals surface area contributed by atoms with E-state index in [1.54, 1.807) is 0 Å². The predicted molar refractivity (Wildman–Crippen MR) is 88.4 cm³/mol. The zero-order chi connectivity index (χ0) is 16.8. The molecule has 0 aliphatic carbocycles. The summed E-state index contributed by atoms with van der Waals surface area (Å²) in [6, 6.07) is 3.96. The number of hydrogen-bond donors (Lipinski definition) is 1. The van der Waals surface area contributed by atoms with E-state index in [1.165, 1.54) is 25.3 Å². The highest BCUT2D eigenvalue weighted by Crippen LogP contribution is 2.19. The van der Waals surface area contributed by atoms with Crippen molar-refractivity contribution in [1.82, 2.24) is 15.1 Å². The van der Waals surface area contributed by atoms with Crippen LogP contribution in [0.15, 0.2) is 18.2 Å². The van der Waals surface area contributed by atoms with Crippen LogP contribution in [0.2, 0.25) is 0 Å². The normalized spacial score (nSPS) is 17.7. The number of nitrogens with zero attached hydrogens (tertiary/aromatic N) is 2. The molecule has 2 rings (SSSR count). The molecule has 1 aliphatic rings. The van der Waals surface area contributed by atoms with Gasteiger partial charge in [-0.15, -0.1) is 0 Å². The summed E-state index contributed by atoms with van der Waals surface area (Å²) in [6.07, 6.45) is 0. The van der Waals surface area contributed by atoms with Crippen LogP contribution in [0.25, 0.3) is 0 Å². The molecule has 1 amide bonds. The summed E-state index contributed by atoms with van der Waals surface area (Å²) < 4.78 is 18.5. The molecule has 1 fully saturated rings. The number of nitrogens with one attached hydrogen (secondary N) is 1. The number of rotatable bonds is 6. The molecule has 0 aromatic heterocycles. The van der Waals surface area contributed by atoms with Gasteiger partial charge < -0.3 is 19.9 Å². The fourth-order valence-electron chi connectivity index (χ4n) is 2.76. The second-order valence-corrected chi connectivity index (χ2v) is 6.26. The van der Waals surface area contributed by atoms with Crippen LogP contribution in [-0.2, 0) is 0 Å². The van der Waals surface area contributed by atoms with E-state index in [9.17, 15) is 9.18 Å².